The number of hydrogen-bond acceptors (Lipinski definition) is 4. The number of aryl methyl sites for hydroxylation is 1. The first-order chi connectivity index (χ1) is 13.5. The lowest BCUT2D eigenvalue weighted by atomic mass is 10.1. The van der Waals surface area contributed by atoms with E-state index in [1.54, 1.807) is 32.2 Å². The number of aliphatic imine (C=N–C) groups is 1. The highest BCUT2D eigenvalue weighted by molar-refractivity contribution is 6.30. The van der Waals surface area contributed by atoms with Crippen molar-refractivity contribution in [2.45, 2.75) is 19.9 Å². The van der Waals surface area contributed by atoms with Gasteiger partial charge in [0.1, 0.15) is 5.82 Å². The van der Waals surface area contributed by atoms with Crippen molar-refractivity contribution in [3.05, 3.63) is 70.3 Å². The molecule has 0 saturated heterocycles. The quantitative estimate of drug-likeness (QED) is 0.486. The second kappa shape index (κ2) is 9.32. The number of guanidine groups is 1. The Balaban J connectivity index is 1.49. The average molecular weight is 402 g/mol. The highest BCUT2D eigenvalue weighted by atomic mass is 35.5. The first kappa shape index (κ1) is 19.8. The monoisotopic (exact) mass is 401 g/mol. The van der Waals surface area contributed by atoms with Gasteiger partial charge >= 0.3 is 0 Å². The van der Waals surface area contributed by atoms with Crippen molar-refractivity contribution in [1.82, 2.24) is 20.8 Å². The first-order valence-electron chi connectivity index (χ1n) is 8.83. The molecule has 0 aliphatic heterocycles. The van der Waals surface area contributed by atoms with Gasteiger partial charge in [0.05, 0.1) is 0 Å². The summed E-state index contributed by atoms with van der Waals surface area (Å²) in [5, 5.41) is 10.9. The van der Waals surface area contributed by atoms with Gasteiger partial charge in [-0.1, -0.05) is 41.0 Å². The van der Waals surface area contributed by atoms with Gasteiger partial charge in [0.25, 0.3) is 0 Å². The van der Waals surface area contributed by atoms with Crippen molar-refractivity contribution < 1.29 is 8.91 Å². The molecule has 0 spiro atoms. The fourth-order valence-corrected chi connectivity index (χ4v) is 2.73. The molecule has 3 rings (SSSR count). The Labute approximate surface area is 167 Å². The Morgan fingerprint density at radius 3 is 2.82 bits per heavy atom. The number of halogens is 2. The van der Waals surface area contributed by atoms with Crippen molar-refractivity contribution in [1.29, 1.82) is 0 Å². The van der Waals surface area contributed by atoms with E-state index in [1.807, 2.05) is 18.2 Å². The van der Waals surface area contributed by atoms with E-state index in [4.69, 9.17) is 16.1 Å². The summed E-state index contributed by atoms with van der Waals surface area (Å²) >= 11 is 5.99. The van der Waals surface area contributed by atoms with Crippen LogP contribution in [0.4, 0.5) is 4.39 Å². The number of nitrogens with zero attached hydrogens (tertiary/aromatic N) is 3. The summed E-state index contributed by atoms with van der Waals surface area (Å²) in [4.78, 5) is 8.53. The normalized spacial score (nSPS) is 11.5. The summed E-state index contributed by atoms with van der Waals surface area (Å²) in [6.45, 7) is 2.76. The lowest BCUT2D eigenvalue weighted by Crippen LogP contribution is -2.37. The van der Waals surface area contributed by atoms with Crippen LogP contribution in [-0.2, 0) is 13.0 Å². The second-order valence-electron chi connectivity index (χ2n) is 6.21. The van der Waals surface area contributed by atoms with E-state index >= 15 is 0 Å². The zero-order valence-electron chi connectivity index (χ0n) is 15.7. The SMILES string of the molecule is CN=C(NCCc1nc(-c2cccc(Cl)c2)no1)NCc1ccc(C)c(F)c1. The topological polar surface area (TPSA) is 75.3 Å². The maximum absolute atomic E-state index is 13.6. The highest BCUT2D eigenvalue weighted by Crippen LogP contribution is 2.19. The summed E-state index contributed by atoms with van der Waals surface area (Å²) in [5.41, 5.74) is 2.27. The highest BCUT2D eigenvalue weighted by Gasteiger charge is 2.09. The minimum absolute atomic E-state index is 0.214. The Kier molecular flexibility index (Phi) is 6.60. The van der Waals surface area contributed by atoms with Gasteiger partial charge in [-0.2, -0.15) is 4.98 Å². The van der Waals surface area contributed by atoms with Crippen LogP contribution in [0.1, 0.15) is 17.0 Å². The molecule has 2 N–H and O–H groups in total. The van der Waals surface area contributed by atoms with E-state index in [1.165, 1.54) is 6.07 Å². The van der Waals surface area contributed by atoms with Crippen LogP contribution in [-0.4, -0.2) is 29.7 Å². The standard InChI is InChI=1S/C20H21ClFN5O/c1-13-6-7-14(10-17(13)22)12-25-20(23-2)24-9-8-18-26-19(27-28-18)15-4-3-5-16(21)11-15/h3-7,10-11H,8-9,12H2,1-2H3,(H2,23,24,25). The van der Waals surface area contributed by atoms with Gasteiger partial charge in [0, 0.05) is 37.1 Å². The molecule has 0 saturated carbocycles. The molecule has 0 bridgehead atoms. The molecule has 3 aromatic rings. The van der Waals surface area contributed by atoms with Gasteiger partial charge < -0.3 is 15.2 Å². The molecule has 8 heteroatoms. The summed E-state index contributed by atoms with van der Waals surface area (Å²) in [7, 11) is 1.68. The average Bonchev–Trinajstić information content (AvgIpc) is 3.16. The fraction of sp³-hybridized carbons (Fsp3) is 0.250. The van der Waals surface area contributed by atoms with E-state index in [0.717, 1.165) is 11.1 Å². The van der Waals surface area contributed by atoms with Crippen molar-refractivity contribution in [3.8, 4) is 11.4 Å². The molecule has 28 heavy (non-hydrogen) atoms. The smallest absolute Gasteiger partial charge is 0.228 e. The van der Waals surface area contributed by atoms with Crippen LogP contribution in [0.3, 0.4) is 0 Å². The lowest BCUT2D eigenvalue weighted by Gasteiger charge is -2.11. The van der Waals surface area contributed by atoms with Crippen molar-refractivity contribution in [2.75, 3.05) is 13.6 Å². The van der Waals surface area contributed by atoms with Crippen LogP contribution in [0.2, 0.25) is 5.02 Å². The van der Waals surface area contributed by atoms with E-state index in [-0.39, 0.29) is 5.82 Å². The number of hydrogen-bond donors (Lipinski definition) is 2. The van der Waals surface area contributed by atoms with Crippen LogP contribution in [0.5, 0.6) is 0 Å². The second-order valence-corrected chi connectivity index (χ2v) is 6.64. The molecule has 0 atom stereocenters. The third-order valence-electron chi connectivity index (χ3n) is 4.10. The predicted molar refractivity (Wildman–Crippen MR) is 108 cm³/mol. The summed E-state index contributed by atoms with van der Waals surface area (Å²) < 4.78 is 18.9. The van der Waals surface area contributed by atoms with Gasteiger partial charge in [-0.15, -0.1) is 0 Å². The maximum atomic E-state index is 13.6. The van der Waals surface area contributed by atoms with E-state index in [0.29, 0.717) is 47.8 Å². The molecule has 0 aliphatic carbocycles. The van der Waals surface area contributed by atoms with Crippen LogP contribution < -0.4 is 10.6 Å². The molecule has 6 nitrogen and oxygen atoms in total. The summed E-state index contributed by atoms with van der Waals surface area (Å²) in [6, 6.07) is 12.5. The molecule has 0 radical (unpaired) electrons. The van der Waals surface area contributed by atoms with Crippen LogP contribution in [0.25, 0.3) is 11.4 Å². The van der Waals surface area contributed by atoms with Gasteiger partial charge in [-0.05, 0) is 36.2 Å². The summed E-state index contributed by atoms with van der Waals surface area (Å²) in [6.07, 6.45) is 0.535. The van der Waals surface area contributed by atoms with E-state index in [9.17, 15) is 4.39 Å². The zero-order chi connectivity index (χ0) is 19.9. The van der Waals surface area contributed by atoms with E-state index < -0.39 is 0 Å². The number of aromatic nitrogens is 2. The molecule has 0 unspecified atom stereocenters. The third-order valence-corrected chi connectivity index (χ3v) is 4.34. The van der Waals surface area contributed by atoms with Gasteiger partial charge in [-0.25, -0.2) is 4.39 Å². The Morgan fingerprint density at radius 1 is 1.21 bits per heavy atom. The predicted octanol–water partition coefficient (Wildman–Crippen LogP) is 3.75. The molecule has 0 amide bonds. The molecule has 0 aliphatic rings. The van der Waals surface area contributed by atoms with Crippen molar-refractivity contribution in [2.24, 2.45) is 4.99 Å². The third kappa shape index (κ3) is 5.29. The van der Waals surface area contributed by atoms with Crippen molar-refractivity contribution in [3.63, 3.8) is 0 Å². The molecular formula is C20H21ClFN5O. The van der Waals surface area contributed by atoms with Gasteiger partial charge in [0.15, 0.2) is 5.96 Å². The Hall–Kier alpha value is -2.93. The number of benzene rings is 2. The first-order valence-corrected chi connectivity index (χ1v) is 9.21. The molecule has 0 fully saturated rings. The molecule has 2 aromatic carbocycles. The zero-order valence-corrected chi connectivity index (χ0v) is 16.4. The van der Waals surface area contributed by atoms with Crippen LogP contribution >= 0.6 is 11.6 Å². The molecule has 146 valence electrons. The Morgan fingerprint density at radius 2 is 2.07 bits per heavy atom. The minimum Gasteiger partial charge on any atom is -0.356 e. The van der Waals surface area contributed by atoms with Gasteiger partial charge in [-0.3, -0.25) is 4.99 Å². The number of nitrogens with one attached hydrogen (secondary N) is 2. The van der Waals surface area contributed by atoms with Crippen molar-refractivity contribution >= 4 is 17.6 Å². The Bertz CT molecular complexity index is 973. The number of rotatable bonds is 6. The van der Waals surface area contributed by atoms with Gasteiger partial charge in [0.2, 0.25) is 11.7 Å². The van der Waals surface area contributed by atoms with Crippen LogP contribution in [0, 0.1) is 12.7 Å². The van der Waals surface area contributed by atoms with E-state index in [2.05, 4.69) is 25.8 Å². The molecular weight excluding hydrogens is 381 g/mol. The minimum atomic E-state index is -0.214. The fourth-order valence-electron chi connectivity index (χ4n) is 2.54. The maximum Gasteiger partial charge on any atom is 0.228 e. The van der Waals surface area contributed by atoms with Crippen LogP contribution in [0.15, 0.2) is 52.0 Å². The largest absolute Gasteiger partial charge is 0.356 e. The molecule has 1 heterocycles. The lowest BCUT2D eigenvalue weighted by molar-refractivity contribution is 0.378. The summed E-state index contributed by atoms with van der Waals surface area (Å²) in [5.74, 6) is 1.41. The molecule has 1 aromatic heterocycles.